The zero-order chi connectivity index (χ0) is 15.3. The van der Waals surface area contributed by atoms with Gasteiger partial charge in [-0.2, -0.15) is 11.8 Å². The van der Waals surface area contributed by atoms with Crippen LogP contribution in [0, 0.1) is 0 Å². The van der Waals surface area contributed by atoms with Gasteiger partial charge in [-0.3, -0.25) is 0 Å². The van der Waals surface area contributed by atoms with E-state index in [1.54, 1.807) is 11.8 Å². The number of hydrogen-bond acceptors (Lipinski definition) is 6. The molecule has 1 rings (SSSR count). The monoisotopic (exact) mass is 318 g/mol. The molecular formula is C12H18N2O4S2. The van der Waals surface area contributed by atoms with Gasteiger partial charge in [0, 0.05) is 11.8 Å². The highest BCUT2D eigenvalue weighted by molar-refractivity contribution is 7.99. The second kappa shape index (κ2) is 6.96. The maximum Gasteiger partial charge on any atom is 0.337 e. The summed E-state index contributed by atoms with van der Waals surface area (Å²) in [5, 5.41) is 0.153. The van der Waals surface area contributed by atoms with Crippen LogP contribution in [0.5, 0.6) is 0 Å². The van der Waals surface area contributed by atoms with Crippen LogP contribution in [0.25, 0.3) is 0 Å². The lowest BCUT2D eigenvalue weighted by atomic mass is 10.2. The Bertz CT molecular complexity index is 587. The van der Waals surface area contributed by atoms with Gasteiger partial charge in [-0.05, 0) is 24.5 Å². The number of anilines is 1. The van der Waals surface area contributed by atoms with Gasteiger partial charge in [0.25, 0.3) is 0 Å². The molecule has 3 N–H and O–H groups in total. The van der Waals surface area contributed by atoms with Crippen LogP contribution >= 0.6 is 11.8 Å². The van der Waals surface area contributed by atoms with Crippen LogP contribution < -0.4 is 10.5 Å². The molecule has 0 aromatic heterocycles. The van der Waals surface area contributed by atoms with E-state index in [0.29, 0.717) is 6.54 Å². The highest BCUT2D eigenvalue weighted by Gasteiger charge is 2.19. The number of rotatable bonds is 6. The van der Waals surface area contributed by atoms with Crippen LogP contribution in [0.3, 0.4) is 0 Å². The van der Waals surface area contributed by atoms with Crippen LogP contribution in [-0.4, -0.2) is 39.5 Å². The molecule has 0 bridgehead atoms. The third kappa shape index (κ3) is 4.12. The van der Waals surface area contributed by atoms with Crippen molar-refractivity contribution in [2.75, 3.05) is 25.6 Å². The molecule has 0 amide bonds. The highest BCUT2D eigenvalue weighted by atomic mass is 32.2. The first-order valence-corrected chi connectivity index (χ1v) is 8.59. The Labute approximate surface area is 123 Å². The average molecular weight is 318 g/mol. The van der Waals surface area contributed by atoms with Gasteiger partial charge < -0.3 is 10.5 Å². The topological polar surface area (TPSA) is 98.5 Å². The number of nitrogens with two attached hydrogens (primary N) is 1. The molecule has 1 aromatic rings. The summed E-state index contributed by atoms with van der Waals surface area (Å²) >= 11 is 1.55. The lowest BCUT2D eigenvalue weighted by Gasteiger charge is -2.12. The first-order chi connectivity index (χ1) is 9.31. The molecule has 0 aliphatic rings. The van der Waals surface area contributed by atoms with E-state index < -0.39 is 16.0 Å². The average Bonchev–Trinajstić information content (AvgIpc) is 2.43. The second-order valence-electron chi connectivity index (χ2n) is 4.14. The second-order valence-corrected chi connectivity index (χ2v) is 7.15. The molecule has 1 atom stereocenters. The van der Waals surface area contributed by atoms with Gasteiger partial charge in [0.1, 0.15) is 4.90 Å². The molecule has 0 spiro atoms. The molecule has 1 unspecified atom stereocenters. The van der Waals surface area contributed by atoms with E-state index in [1.165, 1.54) is 25.3 Å². The van der Waals surface area contributed by atoms with Crippen LogP contribution in [0.2, 0.25) is 0 Å². The number of thioether (sulfide) groups is 1. The lowest BCUT2D eigenvalue weighted by Crippen LogP contribution is -2.30. The maximum absolute atomic E-state index is 12.1. The van der Waals surface area contributed by atoms with E-state index in [4.69, 9.17) is 5.73 Å². The summed E-state index contributed by atoms with van der Waals surface area (Å²) in [6.45, 7) is 2.22. The minimum Gasteiger partial charge on any atom is -0.465 e. The summed E-state index contributed by atoms with van der Waals surface area (Å²) < 4.78 is 31.2. The predicted molar refractivity (Wildman–Crippen MR) is 80.4 cm³/mol. The quantitative estimate of drug-likeness (QED) is 0.602. The summed E-state index contributed by atoms with van der Waals surface area (Å²) in [5.41, 5.74) is 5.93. The fraction of sp³-hybridized carbons (Fsp3) is 0.417. The smallest absolute Gasteiger partial charge is 0.337 e. The van der Waals surface area contributed by atoms with Crippen LogP contribution in [0.15, 0.2) is 23.1 Å². The Hall–Kier alpha value is -1.25. The van der Waals surface area contributed by atoms with Gasteiger partial charge in [0.15, 0.2) is 0 Å². The molecule has 0 heterocycles. The number of nitrogens with one attached hydrogen (secondary N) is 1. The van der Waals surface area contributed by atoms with Gasteiger partial charge >= 0.3 is 5.97 Å². The van der Waals surface area contributed by atoms with Gasteiger partial charge in [-0.25, -0.2) is 17.9 Å². The number of sulfonamides is 1. The van der Waals surface area contributed by atoms with Crippen molar-refractivity contribution in [2.45, 2.75) is 17.1 Å². The van der Waals surface area contributed by atoms with Crippen molar-refractivity contribution in [3.8, 4) is 0 Å². The van der Waals surface area contributed by atoms with Crippen molar-refractivity contribution in [2.24, 2.45) is 0 Å². The fourth-order valence-electron chi connectivity index (χ4n) is 1.43. The van der Waals surface area contributed by atoms with Gasteiger partial charge in [-0.15, -0.1) is 0 Å². The van der Waals surface area contributed by atoms with E-state index >= 15 is 0 Å². The molecule has 0 saturated heterocycles. The summed E-state index contributed by atoms with van der Waals surface area (Å²) in [4.78, 5) is 11.3. The number of hydrogen-bond donors (Lipinski definition) is 2. The fourth-order valence-corrected chi connectivity index (χ4v) is 3.02. The Balaban J connectivity index is 2.99. The van der Waals surface area contributed by atoms with Crippen molar-refractivity contribution in [3.05, 3.63) is 23.8 Å². The number of nitrogen functional groups attached to an aromatic ring is 1. The normalized spacial score (nSPS) is 12.9. The zero-order valence-corrected chi connectivity index (χ0v) is 13.2. The summed E-state index contributed by atoms with van der Waals surface area (Å²) in [6, 6.07) is 3.96. The van der Waals surface area contributed by atoms with Crippen molar-refractivity contribution < 1.29 is 17.9 Å². The number of ether oxygens (including phenoxy) is 1. The minimum atomic E-state index is -3.69. The third-order valence-electron chi connectivity index (χ3n) is 2.68. The molecule has 8 heteroatoms. The Kier molecular flexibility index (Phi) is 5.85. The van der Waals surface area contributed by atoms with Crippen molar-refractivity contribution in [3.63, 3.8) is 0 Å². The molecule has 0 fully saturated rings. The predicted octanol–water partition coefficient (Wildman–Crippen LogP) is 1.09. The third-order valence-corrected chi connectivity index (χ3v) is 5.15. The van der Waals surface area contributed by atoms with Crippen LogP contribution in [0.1, 0.15) is 17.3 Å². The zero-order valence-electron chi connectivity index (χ0n) is 11.5. The summed E-state index contributed by atoms with van der Waals surface area (Å²) in [6.07, 6.45) is 1.90. The van der Waals surface area contributed by atoms with Crippen molar-refractivity contribution >= 4 is 33.4 Å². The number of carbonyl (C=O) groups is 1. The lowest BCUT2D eigenvalue weighted by molar-refractivity contribution is 0.0600. The van der Waals surface area contributed by atoms with Crippen molar-refractivity contribution in [1.82, 2.24) is 4.72 Å². The Morgan fingerprint density at radius 2 is 2.15 bits per heavy atom. The molecule has 6 nitrogen and oxygen atoms in total. The van der Waals surface area contributed by atoms with Gasteiger partial charge in [0.2, 0.25) is 10.0 Å². The van der Waals surface area contributed by atoms with E-state index in [9.17, 15) is 13.2 Å². The number of benzene rings is 1. The summed E-state index contributed by atoms with van der Waals surface area (Å²) in [5.74, 6) is -0.565. The molecule has 1 aromatic carbocycles. The van der Waals surface area contributed by atoms with Gasteiger partial charge in [0.05, 0.1) is 18.4 Å². The van der Waals surface area contributed by atoms with E-state index in [-0.39, 0.29) is 21.4 Å². The van der Waals surface area contributed by atoms with E-state index in [2.05, 4.69) is 9.46 Å². The molecule has 0 aliphatic carbocycles. The minimum absolute atomic E-state index is 0.0113. The summed E-state index contributed by atoms with van der Waals surface area (Å²) in [7, 11) is -2.44. The molecule has 0 saturated carbocycles. The maximum atomic E-state index is 12.1. The first-order valence-electron chi connectivity index (χ1n) is 5.82. The number of esters is 1. The van der Waals surface area contributed by atoms with Crippen molar-refractivity contribution in [1.29, 1.82) is 0 Å². The highest BCUT2D eigenvalue weighted by Crippen LogP contribution is 2.20. The Morgan fingerprint density at radius 1 is 1.50 bits per heavy atom. The van der Waals surface area contributed by atoms with Crippen LogP contribution in [0.4, 0.5) is 5.69 Å². The molecule has 112 valence electrons. The number of methoxy groups -OCH3 is 1. The molecule has 20 heavy (non-hydrogen) atoms. The van der Waals surface area contributed by atoms with E-state index in [1.807, 2.05) is 13.2 Å². The Morgan fingerprint density at radius 3 is 2.65 bits per heavy atom. The first kappa shape index (κ1) is 16.8. The van der Waals surface area contributed by atoms with E-state index in [0.717, 1.165) is 0 Å². The van der Waals surface area contributed by atoms with Crippen LogP contribution in [-0.2, 0) is 14.8 Å². The van der Waals surface area contributed by atoms with Gasteiger partial charge in [-0.1, -0.05) is 6.92 Å². The molecule has 0 aliphatic heterocycles. The number of carbonyl (C=O) groups excluding carboxylic acids is 1. The molecular weight excluding hydrogens is 300 g/mol. The SMILES string of the molecule is COC(=O)c1ccc(S(=O)(=O)NCC(C)SC)c(N)c1. The largest absolute Gasteiger partial charge is 0.465 e. The molecule has 0 radical (unpaired) electrons. The standard InChI is InChI=1S/C12H18N2O4S2/c1-8(19-3)7-14-20(16,17)11-5-4-9(6-10(11)13)12(15)18-2/h4-6,8,14H,7,13H2,1-3H3.